The van der Waals surface area contributed by atoms with E-state index < -0.39 is 0 Å². The number of amides is 2. The topological polar surface area (TPSA) is 91.2 Å². The monoisotopic (exact) mass is 390 g/mol. The van der Waals surface area contributed by atoms with E-state index in [-0.39, 0.29) is 18.2 Å². The smallest absolute Gasteiger partial charge is 0.244 e. The second-order valence-electron chi connectivity index (χ2n) is 6.81. The zero-order valence-electron chi connectivity index (χ0n) is 15.9. The predicted molar refractivity (Wildman–Crippen MR) is 111 cm³/mol. The summed E-state index contributed by atoms with van der Waals surface area (Å²) in [6.45, 7) is 1.55. The first-order valence-electron chi connectivity index (χ1n) is 9.59. The Morgan fingerprint density at radius 3 is 3.03 bits per heavy atom. The van der Waals surface area contributed by atoms with Crippen LogP contribution in [-0.4, -0.2) is 46.3 Å². The van der Waals surface area contributed by atoms with E-state index in [1.165, 1.54) is 11.6 Å². The first-order valence-corrected chi connectivity index (χ1v) is 9.59. The van der Waals surface area contributed by atoms with Crippen molar-refractivity contribution in [3.8, 4) is 0 Å². The minimum absolute atomic E-state index is 0.0382. The predicted octanol–water partition coefficient (Wildman–Crippen LogP) is 2.99. The summed E-state index contributed by atoms with van der Waals surface area (Å²) in [5.41, 5.74) is 3.25. The number of nitrogens with zero attached hydrogens (tertiary/aromatic N) is 2. The fourth-order valence-corrected chi connectivity index (χ4v) is 3.42. The van der Waals surface area contributed by atoms with Gasteiger partial charge in [0.05, 0.1) is 6.26 Å². The van der Waals surface area contributed by atoms with Crippen LogP contribution in [0.25, 0.3) is 22.7 Å². The standard InChI is InChI=1S/C22H22N4O3/c27-20(6-5-17-3-2-14-29-17)23-11-7-21(28)26-12-8-16(9-13-26)19-15-25-22-18(19)4-1-10-24-22/h1-6,8,10,14-15H,7,9,11-13H2,(H,23,27)(H,24,25)/b6-5+. The van der Waals surface area contributed by atoms with Gasteiger partial charge in [0.25, 0.3) is 0 Å². The molecule has 7 nitrogen and oxygen atoms in total. The summed E-state index contributed by atoms with van der Waals surface area (Å²) in [6.07, 6.45) is 11.5. The van der Waals surface area contributed by atoms with E-state index >= 15 is 0 Å². The lowest BCUT2D eigenvalue weighted by molar-refractivity contribution is -0.130. The first kappa shape index (κ1) is 18.7. The average molecular weight is 390 g/mol. The molecule has 1 aliphatic heterocycles. The molecule has 7 heteroatoms. The molecule has 0 spiro atoms. The van der Waals surface area contributed by atoms with Crippen molar-refractivity contribution in [3.63, 3.8) is 0 Å². The third-order valence-corrected chi connectivity index (χ3v) is 4.94. The SMILES string of the molecule is O=C(/C=C/c1ccco1)NCCC(=O)N1CC=C(c2c[nH]c3ncccc23)CC1. The summed E-state index contributed by atoms with van der Waals surface area (Å²) < 4.78 is 5.13. The molecule has 2 amide bonds. The molecule has 1 aliphatic rings. The molecule has 0 fully saturated rings. The Morgan fingerprint density at radius 1 is 1.31 bits per heavy atom. The maximum absolute atomic E-state index is 12.4. The van der Waals surface area contributed by atoms with Gasteiger partial charge in [0.1, 0.15) is 11.4 Å². The molecule has 3 aromatic rings. The van der Waals surface area contributed by atoms with Crippen LogP contribution in [0.15, 0.2) is 59.5 Å². The highest BCUT2D eigenvalue weighted by Crippen LogP contribution is 2.28. The summed E-state index contributed by atoms with van der Waals surface area (Å²) in [4.78, 5) is 33.6. The number of furan rings is 1. The summed E-state index contributed by atoms with van der Waals surface area (Å²) in [5, 5.41) is 3.83. The van der Waals surface area contributed by atoms with Crippen molar-refractivity contribution in [2.75, 3.05) is 19.6 Å². The highest BCUT2D eigenvalue weighted by atomic mass is 16.3. The number of hydrogen-bond acceptors (Lipinski definition) is 4. The lowest BCUT2D eigenvalue weighted by atomic mass is 9.99. The Balaban J connectivity index is 1.26. The van der Waals surface area contributed by atoms with Gasteiger partial charge in [-0.15, -0.1) is 0 Å². The van der Waals surface area contributed by atoms with E-state index in [4.69, 9.17) is 4.42 Å². The second kappa shape index (κ2) is 8.60. The van der Waals surface area contributed by atoms with Gasteiger partial charge in [-0.25, -0.2) is 4.98 Å². The van der Waals surface area contributed by atoms with Crippen molar-refractivity contribution >= 4 is 34.5 Å². The fourth-order valence-electron chi connectivity index (χ4n) is 3.42. The lowest BCUT2D eigenvalue weighted by Crippen LogP contribution is -2.36. The third-order valence-electron chi connectivity index (χ3n) is 4.94. The highest BCUT2D eigenvalue weighted by Gasteiger charge is 2.19. The largest absolute Gasteiger partial charge is 0.465 e. The Labute approximate surface area is 168 Å². The van der Waals surface area contributed by atoms with Crippen LogP contribution in [0, 0.1) is 0 Å². The molecule has 0 saturated carbocycles. The number of aromatic amines is 1. The number of carbonyl (C=O) groups is 2. The van der Waals surface area contributed by atoms with Crippen molar-refractivity contribution in [1.82, 2.24) is 20.2 Å². The Hall–Kier alpha value is -3.61. The number of hydrogen-bond donors (Lipinski definition) is 2. The minimum Gasteiger partial charge on any atom is -0.465 e. The molecule has 0 radical (unpaired) electrons. The van der Waals surface area contributed by atoms with Crippen LogP contribution >= 0.6 is 0 Å². The number of nitrogens with one attached hydrogen (secondary N) is 2. The molecule has 0 aliphatic carbocycles. The van der Waals surface area contributed by atoms with Crippen LogP contribution in [0.5, 0.6) is 0 Å². The number of H-pyrrole nitrogens is 1. The fraction of sp³-hybridized carbons (Fsp3) is 0.227. The molecule has 0 saturated heterocycles. The molecule has 2 N–H and O–H groups in total. The molecule has 0 atom stereocenters. The molecule has 4 heterocycles. The number of aromatic nitrogens is 2. The summed E-state index contributed by atoms with van der Waals surface area (Å²) >= 11 is 0. The van der Waals surface area contributed by atoms with E-state index in [1.54, 1.807) is 30.7 Å². The molecule has 0 aromatic carbocycles. The average Bonchev–Trinajstić information content (AvgIpc) is 3.42. The second-order valence-corrected chi connectivity index (χ2v) is 6.81. The number of rotatable bonds is 6. The maximum Gasteiger partial charge on any atom is 0.244 e. The van der Waals surface area contributed by atoms with Gasteiger partial charge >= 0.3 is 0 Å². The Kier molecular flexibility index (Phi) is 5.56. The number of pyridine rings is 1. The van der Waals surface area contributed by atoms with Crippen LogP contribution in [0.3, 0.4) is 0 Å². The normalized spacial score (nSPS) is 14.3. The number of fused-ring (bicyclic) bond motifs is 1. The van der Waals surface area contributed by atoms with Crippen molar-refractivity contribution in [2.24, 2.45) is 0 Å². The van der Waals surface area contributed by atoms with Crippen LogP contribution in [0.1, 0.15) is 24.2 Å². The quantitative estimate of drug-likeness (QED) is 0.633. The zero-order chi connectivity index (χ0) is 20.1. The van der Waals surface area contributed by atoms with Gasteiger partial charge < -0.3 is 19.6 Å². The molecular weight excluding hydrogens is 368 g/mol. The Morgan fingerprint density at radius 2 is 2.24 bits per heavy atom. The Bertz CT molecular complexity index is 1060. The van der Waals surface area contributed by atoms with Crippen LogP contribution in [-0.2, 0) is 9.59 Å². The van der Waals surface area contributed by atoms with Crippen molar-refractivity contribution in [2.45, 2.75) is 12.8 Å². The third kappa shape index (κ3) is 4.45. The van der Waals surface area contributed by atoms with Crippen LogP contribution in [0.4, 0.5) is 0 Å². The van der Waals surface area contributed by atoms with Crippen LogP contribution in [0.2, 0.25) is 0 Å². The summed E-state index contributed by atoms with van der Waals surface area (Å²) in [6, 6.07) is 7.49. The molecule has 148 valence electrons. The lowest BCUT2D eigenvalue weighted by Gasteiger charge is -2.26. The van der Waals surface area contributed by atoms with E-state index in [0.29, 0.717) is 25.4 Å². The van der Waals surface area contributed by atoms with Crippen molar-refractivity contribution in [1.29, 1.82) is 0 Å². The highest BCUT2D eigenvalue weighted by molar-refractivity contribution is 5.92. The van der Waals surface area contributed by atoms with Gasteiger partial charge in [-0.05, 0) is 42.3 Å². The van der Waals surface area contributed by atoms with Gasteiger partial charge in [0.2, 0.25) is 11.8 Å². The van der Waals surface area contributed by atoms with E-state index in [2.05, 4.69) is 27.4 Å². The van der Waals surface area contributed by atoms with E-state index in [0.717, 1.165) is 23.0 Å². The summed E-state index contributed by atoms with van der Waals surface area (Å²) in [7, 11) is 0. The van der Waals surface area contributed by atoms with Gasteiger partial charge in [-0.2, -0.15) is 0 Å². The van der Waals surface area contributed by atoms with Gasteiger partial charge in [0, 0.05) is 55.5 Å². The summed E-state index contributed by atoms with van der Waals surface area (Å²) in [5.74, 6) is 0.400. The molecule has 0 unspecified atom stereocenters. The molecular formula is C22H22N4O3. The molecule has 3 aromatic heterocycles. The number of carbonyl (C=O) groups excluding carboxylic acids is 2. The van der Waals surface area contributed by atoms with Gasteiger partial charge in [-0.1, -0.05) is 6.08 Å². The van der Waals surface area contributed by atoms with Crippen molar-refractivity contribution < 1.29 is 14.0 Å². The zero-order valence-corrected chi connectivity index (χ0v) is 15.9. The van der Waals surface area contributed by atoms with Gasteiger partial charge in [-0.3, -0.25) is 9.59 Å². The van der Waals surface area contributed by atoms with Crippen molar-refractivity contribution in [3.05, 3.63) is 66.4 Å². The molecule has 29 heavy (non-hydrogen) atoms. The maximum atomic E-state index is 12.4. The molecule has 4 rings (SSSR count). The van der Waals surface area contributed by atoms with E-state index in [9.17, 15) is 9.59 Å². The van der Waals surface area contributed by atoms with Gasteiger partial charge in [0.15, 0.2) is 0 Å². The van der Waals surface area contributed by atoms with E-state index in [1.807, 2.05) is 17.2 Å². The van der Waals surface area contributed by atoms with Crippen LogP contribution < -0.4 is 5.32 Å². The first-order chi connectivity index (χ1) is 14.2. The minimum atomic E-state index is -0.247. The molecule has 0 bridgehead atoms.